The Morgan fingerprint density at radius 2 is 2.17 bits per heavy atom. The van der Waals surface area contributed by atoms with Gasteiger partial charge in [-0.3, -0.25) is 0 Å². The maximum absolute atomic E-state index is 13.0. The van der Waals surface area contributed by atoms with Gasteiger partial charge in [-0.05, 0) is 74.8 Å². The third-order valence-corrected chi connectivity index (χ3v) is 3.88. The van der Waals surface area contributed by atoms with Crippen molar-refractivity contribution in [2.75, 3.05) is 6.54 Å². The maximum Gasteiger partial charge on any atom is 0.123 e. The number of aryl methyl sites for hydroxylation is 2. The van der Waals surface area contributed by atoms with Crippen molar-refractivity contribution in [3.63, 3.8) is 0 Å². The van der Waals surface area contributed by atoms with Crippen LogP contribution in [-0.2, 0) is 6.42 Å². The minimum atomic E-state index is -0.126. The quantitative estimate of drug-likeness (QED) is 0.774. The van der Waals surface area contributed by atoms with Crippen molar-refractivity contribution in [3.05, 3.63) is 35.1 Å². The van der Waals surface area contributed by atoms with Crippen LogP contribution in [0.25, 0.3) is 0 Å². The molecule has 0 amide bonds. The summed E-state index contributed by atoms with van der Waals surface area (Å²) in [6.45, 7) is 5.33. The van der Waals surface area contributed by atoms with E-state index in [2.05, 4.69) is 12.2 Å². The summed E-state index contributed by atoms with van der Waals surface area (Å²) in [6.07, 6.45) is 6.19. The van der Waals surface area contributed by atoms with Gasteiger partial charge >= 0.3 is 0 Å². The van der Waals surface area contributed by atoms with Gasteiger partial charge in [-0.2, -0.15) is 0 Å². The zero-order chi connectivity index (χ0) is 13.0. The Morgan fingerprint density at radius 3 is 2.78 bits per heavy atom. The van der Waals surface area contributed by atoms with Crippen LogP contribution in [0.2, 0.25) is 0 Å². The third-order valence-electron chi connectivity index (χ3n) is 3.88. The van der Waals surface area contributed by atoms with Crippen molar-refractivity contribution in [2.24, 2.45) is 5.92 Å². The molecule has 1 aliphatic carbocycles. The molecule has 1 atom stereocenters. The molecule has 18 heavy (non-hydrogen) atoms. The Balaban J connectivity index is 1.88. The van der Waals surface area contributed by atoms with Crippen LogP contribution in [0.15, 0.2) is 18.2 Å². The maximum atomic E-state index is 13.0. The van der Waals surface area contributed by atoms with Crippen molar-refractivity contribution in [3.8, 4) is 0 Å². The van der Waals surface area contributed by atoms with E-state index < -0.39 is 0 Å². The molecule has 1 aromatic carbocycles. The molecule has 2 heteroatoms. The highest BCUT2D eigenvalue weighted by molar-refractivity contribution is 5.26. The second kappa shape index (κ2) is 6.33. The highest BCUT2D eigenvalue weighted by atomic mass is 19.1. The molecule has 1 saturated carbocycles. The lowest BCUT2D eigenvalue weighted by molar-refractivity contribution is 0.435. The standard InChI is InChI=1S/C16H24FN/c1-3-10-18-16(14-4-5-14)9-7-13-6-8-15(17)11-12(13)2/h6,8,11,14,16,18H,3-5,7,9-10H2,1-2H3. The van der Waals surface area contributed by atoms with E-state index in [0.29, 0.717) is 6.04 Å². The molecule has 2 rings (SSSR count). The average Bonchev–Trinajstić information content (AvgIpc) is 3.15. The lowest BCUT2D eigenvalue weighted by Gasteiger charge is -2.18. The van der Waals surface area contributed by atoms with Gasteiger partial charge in [-0.1, -0.05) is 13.0 Å². The number of hydrogen-bond donors (Lipinski definition) is 1. The minimum absolute atomic E-state index is 0.126. The SMILES string of the molecule is CCCNC(CCc1ccc(F)cc1C)C1CC1. The molecule has 0 heterocycles. The molecule has 1 N–H and O–H groups in total. The summed E-state index contributed by atoms with van der Waals surface area (Å²) < 4.78 is 13.0. The van der Waals surface area contributed by atoms with E-state index in [0.717, 1.165) is 24.4 Å². The number of benzene rings is 1. The van der Waals surface area contributed by atoms with Gasteiger partial charge in [-0.25, -0.2) is 4.39 Å². The smallest absolute Gasteiger partial charge is 0.123 e. The van der Waals surface area contributed by atoms with Crippen molar-refractivity contribution in [1.82, 2.24) is 5.32 Å². The highest BCUT2D eigenvalue weighted by Gasteiger charge is 2.30. The second-order valence-corrected chi connectivity index (χ2v) is 5.51. The largest absolute Gasteiger partial charge is 0.314 e. The summed E-state index contributed by atoms with van der Waals surface area (Å²) in [6, 6.07) is 5.82. The van der Waals surface area contributed by atoms with Gasteiger partial charge in [0.25, 0.3) is 0 Å². The number of hydrogen-bond acceptors (Lipinski definition) is 1. The van der Waals surface area contributed by atoms with Crippen LogP contribution in [0.5, 0.6) is 0 Å². The molecule has 1 fully saturated rings. The molecule has 0 spiro atoms. The average molecular weight is 249 g/mol. The molecule has 100 valence electrons. The fourth-order valence-electron chi connectivity index (χ4n) is 2.58. The van der Waals surface area contributed by atoms with Gasteiger partial charge in [0.2, 0.25) is 0 Å². The fourth-order valence-corrected chi connectivity index (χ4v) is 2.58. The lowest BCUT2D eigenvalue weighted by Crippen LogP contribution is -2.32. The summed E-state index contributed by atoms with van der Waals surface area (Å²) in [5.41, 5.74) is 2.38. The minimum Gasteiger partial charge on any atom is -0.314 e. The molecular formula is C16H24FN. The number of rotatable bonds is 7. The van der Waals surface area contributed by atoms with Crippen LogP contribution in [0.1, 0.15) is 43.7 Å². The first-order valence-corrected chi connectivity index (χ1v) is 7.19. The molecule has 0 saturated heterocycles. The summed E-state index contributed by atoms with van der Waals surface area (Å²) in [7, 11) is 0. The first-order chi connectivity index (χ1) is 8.70. The second-order valence-electron chi connectivity index (χ2n) is 5.51. The van der Waals surface area contributed by atoms with Gasteiger partial charge in [0, 0.05) is 6.04 Å². The van der Waals surface area contributed by atoms with Crippen LogP contribution in [-0.4, -0.2) is 12.6 Å². The Kier molecular flexibility index (Phi) is 4.76. The zero-order valence-electron chi connectivity index (χ0n) is 11.5. The third kappa shape index (κ3) is 3.81. The topological polar surface area (TPSA) is 12.0 Å². The normalized spacial score (nSPS) is 16.8. The van der Waals surface area contributed by atoms with Crippen LogP contribution in [0.3, 0.4) is 0 Å². The fraction of sp³-hybridized carbons (Fsp3) is 0.625. The van der Waals surface area contributed by atoms with E-state index >= 15 is 0 Å². The van der Waals surface area contributed by atoms with E-state index in [-0.39, 0.29) is 5.82 Å². The van der Waals surface area contributed by atoms with Crippen molar-refractivity contribution >= 4 is 0 Å². The van der Waals surface area contributed by atoms with Crippen LogP contribution < -0.4 is 5.32 Å². The zero-order valence-corrected chi connectivity index (χ0v) is 11.5. The van der Waals surface area contributed by atoms with Gasteiger partial charge < -0.3 is 5.32 Å². The first-order valence-electron chi connectivity index (χ1n) is 7.19. The predicted octanol–water partition coefficient (Wildman–Crippen LogP) is 3.84. The molecule has 1 unspecified atom stereocenters. The summed E-state index contributed by atoms with van der Waals surface area (Å²) in [4.78, 5) is 0. The number of halogens is 1. The Bertz CT molecular complexity index is 385. The van der Waals surface area contributed by atoms with Gasteiger partial charge in [-0.15, -0.1) is 0 Å². The molecular weight excluding hydrogens is 225 g/mol. The van der Waals surface area contributed by atoms with Gasteiger partial charge in [0.1, 0.15) is 5.82 Å². The van der Waals surface area contributed by atoms with Gasteiger partial charge in [0.05, 0.1) is 0 Å². The Hall–Kier alpha value is -0.890. The van der Waals surface area contributed by atoms with Crippen LogP contribution in [0, 0.1) is 18.7 Å². The van der Waals surface area contributed by atoms with E-state index in [1.54, 1.807) is 12.1 Å². The molecule has 0 bridgehead atoms. The molecule has 1 aliphatic rings. The molecule has 0 aliphatic heterocycles. The monoisotopic (exact) mass is 249 g/mol. The highest BCUT2D eigenvalue weighted by Crippen LogP contribution is 2.34. The summed E-state index contributed by atoms with van der Waals surface area (Å²) >= 11 is 0. The molecule has 0 radical (unpaired) electrons. The molecule has 1 nitrogen and oxygen atoms in total. The molecule has 0 aromatic heterocycles. The van der Waals surface area contributed by atoms with Crippen molar-refractivity contribution in [2.45, 2.75) is 52.0 Å². The van der Waals surface area contributed by atoms with E-state index in [1.165, 1.54) is 31.2 Å². The van der Waals surface area contributed by atoms with Crippen molar-refractivity contribution < 1.29 is 4.39 Å². The first kappa shape index (κ1) is 13.5. The number of nitrogens with one attached hydrogen (secondary N) is 1. The van der Waals surface area contributed by atoms with E-state index in [4.69, 9.17) is 0 Å². The Labute approximate surface area is 110 Å². The van der Waals surface area contributed by atoms with E-state index in [1.807, 2.05) is 13.0 Å². The van der Waals surface area contributed by atoms with Crippen LogP contribution >= 0.6 is 0 Å². The summed E-state index contributed by atoms with van der Waals surface area (Å²) in [5.74, 6) is 0.761. The van der Waals surface area contributed by atoms with Gasteiger partial charge in [0.15, 0.2) is 0 Å². The molecule has 1 aromatic rings. The lowest BCUT2D eigenvalue weighted by atomic mass is 9.98. The predicted molar refractivity (Wildman–Crippen MR) is 74.3 cm³/mol. The van der Waals surface area contributed by atoms with Crippen LogP contribution in [0.4, 0.5) is 4.39 Å². The van der Waals surface area contributed by atoms with E-state index in [9.17, 15) is 4.39 Å². The summed E-state index contributed by atoms with van der Waals surface area (Å²) in [5, 5.41) is 3.66. The Morgan fingerprint density at radius 1 is 1.39 bits per heavy atom. The van der Waals surface area contributed by atoms with Crippen molar-refractivity contribution in [1.29, 1.82) is 0 Å².